The molecule has 27 heavy (non-hydrogen) atoms. The molecule has 1 atom stereocenters. The van der Waals surface area contributed by atoms with Gasteiger partial charge in [-0.15, -0.1) is 16.4 Å². The number of hydrogen-bond donors (Lipinski definition) is 1. The van der Waals surface area contributed by atoms with Crippen LogP contribution in [0.3, 0.4) is 0 Å². The van der Waals surface area contributed by atoms with Crippen LogP contribution in [0.2, 0.25) is 10.0 Å². The molecular formula is C18H16Cl2N4O2S. The van der Waals surface area contributed by atoms with Gasteiger partial charge in [-0.05, 0) is 56.4 Å². The SMILES string of the molecule is CC(C(=O)Nc1cc(Cl)ccc1Cl)n1nnc2sc3c(c2c1=O)CCCC3. The number of anilines is 1. The molecule has 1 N–H and O–H groups in total. The van der Waals surface area contributed by atoms with Crippen molar-refractivity contribution >= 4 is 56.3 Å². The minimum absolute atomic E-state index is 0.278. The molecule has 2 heterocycles. The fourth-order valence-electron chi connectivity index (χ4n) is 3.28. The second kappa shape index (κ2) is 7.22. The van der Waals surface area contributed by atoms with E-state index in [2.05, 4.69) is 15.6 Å². The van der Waals surface area contributed by atoms with Crippen molar-refractivity contribution in [3.05, 3.63) is 49.0 Å². The predicted octanol–water partition coefficient (Wildman–Crippen LogP) is 4.24. The van der Waals surface area contributed by atoms with E-state index in [1.807, 2.05) is 0 Å². The van der Waals surface area contributed by atoms with E-state index in [9.17, 15) is 9.59 Å². The molecule has 0 spiro atoms. The van der Waals surface area contributed by atoms with Gasteiger partial charge in [0.2, 0.25) is 5.91 Å². The summed E-state index contributed by atoms with van der Waals surface area (Å²) >= 11 is 13.6. The van der Waals surface area contributed by atoms with Crippen LogP contribution in [0.5, 0.6) is 0 Å². The Hall–Kier alpha value is -1.96. The molecule has 1 amide bonds. The van der Waals surface area contributed by atoms with E-state index in [1.165, 1.54) is 16.2 Å². The maximum atomic E-state index is 13.0. The summed E-state index contributed by atoms with van der Waals surface area (Å²) in [5.74, 6) is -0.418. The first-order valence-electron chi connectivity index (χ1n) is 8.61. The van der Waals surface area contributed by atoms with E-state index < -0.39 is 11.9 Å². The smallest absolute Gasteiger partial charge is 0.279 e. The third-order valence-electron chi connectivity index (χ3n) is 4.74. The van der Waals surface area contributed by atoms with Crippen LogP contribution in [0.15, 0.2) is 23.0 Å². The van der Waals surface area contributed by atoms with Crippen molar-refractivity contribution in [3.63, 3.8) is 0 Å². The molecule has 1 aliphatic carbocycles. The van der Waals surface area contributed by atoms with Gasteiger partial charge >= 0.3 is 0 Å². The van der Waals surface area contributed by atoms with Crippen LogP contribution in [0.1, 0.15) is 36.2 Å². The molecule has 0 bridgehead atoms. The van der Waals surface area contributed by atoms with Crippen LogP contribution in [-0.4, -0.2) is 20.9 Å². The quantitative estimate of drug-likeness (QED) is 0.684. The number of fused-ring (bicyclic) bond motifs is 3. The molecule has 0 saturated heterocycles. The fourth-order valence-corrected chi connectivity index (χ4v) is 4.82. The molecule has 6 nitrogen and oxygen atoms in total. The zero-order valence-corrected chi connectivity index (χ0v) is 16.8. The molecule has 0 saturated carbocycles. The van der Waals surface area contributed by atoms with Crippen LogP contribution in [0.25, 0.3) is 10.2 Å². The number of benzene rings is 1. The van der Waals surface area contributed by atoms with E-state index in [4.69, 9.17) is 23.2 Å². The van der Waals surface area contributed by atoms with Gasteiger partial charge in [-0.2, -0.15) is 4.68 Å². The van der Waals surface area contributed by atoms with Gasteiger partial charge in [0.25, 0.3) is 5.56 Å². The molecule has 9 heteroatoms. The number of nitrogens with one attached hydrogen (secondary N) is 1. The third-order valence-corrected chi connectivity index (χ3v) is 6.48. The van der Waals surface area contributed by atoms with Crippen LogP contribution in [0.4, 0.5) is 5.69 Å². The van der Waals surface area contributed by atoms with Crippen molar-refractivity contribution in [1.29, 1.82) is 0 Å². The van der Waals surface area contributed by atoms with E-state index in [0.717, 1.165) is 35.9 Å². The van der Waals surface area contributed by atoms with Gasteiger partial charge in [-0.3, -0.25) is 9.59 Å². The molecular weight excluding hydrogens is 407 g/mol. The molecule has 0 radical (unpaired) electrons. The van der Waals surface area contributed by atoms with Gasteiger partial charge in [-0.25, -0.2) is 0 Å². The second-order valence-electron chi connectivity index (χ2n) is 6.52. The zero-order valence-electron chi connectivity index (χ0n) is 14.5. The van der Waals surface area contributed by atoms with Crippen molar-refractivity contribution in [1.82, 2.24) is 15.0 Å². The number of hydrogen-bond acceptors (Lipinski definition) is 5. The normalized spacial score (nSPS) is 14.8. The predicted molar refractivity (Wildman–Crippen MR) is 108 cm³/mol. The highest BCUT2D eigenvalue weighted by Gasteiger charge is 2.24. The van der Waals surface area contributed by atoms with E-state index in [-0.39, 0.29) is 5.56 Å². The lowest BCUT2D eigenvalue weighted by Gasteiger charge is -2.15. The van der Waals surface area contributed by atoms with Gasteiger partial charge in [0.1, 0.15) is 6.04 Å². The summed E-state index contributed by atoms with van der Waals surface area (Å²) in [4.78, 5) is 27.5. The molecule has 2 aromatic heterocycles. The Morgan fingerprint density at radius 2 is 2.07 bits per heavy atom. The van der Waals surface area contributed by atoms with Crippen LogP contribution in [0, 0.1) is 0 Å². The fraction of sp³-hybridized carbons (Fsp3) is 0.333. The van der Waals surface area contributed by atoms with Gasteiger partial charge in [0.15, 0.2) is 4.83 Å². The second-order valence-corrected chi connectivity index (χ2v) is 8.45. The maximum Gasteiger partial charge on any atom is 0.279 e. The van der Waals surface area contributed by atoms with Crippen LogP contribution in [-0.2, 0) is 17.6 Å². The van der Waals surface area contributed by atoms with Crippen LogP contribution >= 0.6 is 34.5 Å². The van der Waals surface area contributed by atoms with E-state index in [1.54, 1.807) is 25.1 Å². The molecule has 4 rings (SSSR count). The van der Waals surface area contributed by atoms with Crippen molar-refractivity contribution in [3.8, 4) is 0 Å². The number of carbonyl (C=O) groups is 1. The summed E-state index contributed by atoms with van der Waals surface area (Å²) in [5.41, 5.74) is 1.18. The number of halogens is 2. The number of aromatic nitrogens is 3. The molecule has 1 aromatic carbocycles. The monoisotopic (exact) mass is 422 g/mol. The topological polar surface area (TPSA) is 76.9 Å². The maximum absolute atomic E-state index is 13.0. The molecule has 1 unspecified atom stereocenters. The van der Waals surface area contributed by atoms with Crippen molar-refractivity contribution in [2.75, 3.05) is 5.32 Å². The largest absolute Gasteiger partial charge is 0.323 e. The van der Waals surface area contributed by atoms with E-state index in [0.29, 0.717) is 25.9 Å². The summed E-state index contributed by atoms with van der Waals surface area (Å²) in [6.45, 7) is 1.61. The first-order chi connectivity index (χ1) is 13.0. The third kappa shape index (κ3) is 3.35. The Labute approximate surface area is 169 Å². The first-order valence-corrected chi connectivity index (χ1v) is 10.2. The Morgan fingerprint density at radius 1 is 1.30 bits per heavy atom. The van der Waals surface area contributed by atoms with Gasteiger partial charge in [0, 0.05) is 9.90 Å². The summed E-state index contributed by atoms with van der Waals surface area (Å²) in [5, 5.41) is 12.3. The van der Waals surface area contributed by atoms with Crippen molar-refractivity contribution < 1.29 is 4.79 Å². The number of thiophene rings is 1. The van der Waals surface area contributed by atoms with Crippen molar-refractivity contribution in [2.45, 2.75) is 38.6 Å². The van der Waals surface area contributed by atoms with Gasteiger partial charge < -0.3 is 5.32 Å². The summed E-state index contributed by atoms with van der Waals surface area (Å²) in [6.07, 6.45) is 4.03. The number of carbonyl (C=O) groups excluding carboxylic acids is 1. The van der Waals surface area contributed by atoms with E-state index >= 15 is 0 Å². The Bertz CT molecular complexity index is 1110. The number of nitrogens with zero attached hydrogens (tertiary/aromatic N) is 3. The average Bonchev–Trinajstić information content (AvgIpc) is 3.04. The molecule has 1 aliphatic rings. The minimum Gasteiger partial charge on any atom is -0.323 e. The highest BCUT2D eigenvalue weighted by molar-refractivity contribution is 7.18. The number of rotatable bonds is 3. The first kappa shape index (κ1) is 18.4. The Balaban J connectivity index is 1.69. The summed E-state index contributed by atoms with van der Waals surface area (Å²) < 4.78 is 1.14. The molecule has 0 aliphatic heterocycles. The highest BCUT2D eigenvalue weighted by Crippen LogP contribution is 2.33. The number of aryl methyl sites for hydroxylation is 2. The zero-order chi connectivity index (χ0) is 19.1. The standard InChI is InChI=1S/C18H16Cl2N4O2S/c1-9(16(25)21-13-8-10(19)6-7-12(13)20)24-18(26)15-11-4-2-3-5-14(11)27-17(15)22-23-24/h6-9H,2-5H2,1H3,(H,21,25). The molecule has 140 valence electrons. The molecule has 3 aromatic rings. The summed E-state index contributed by atoms with van der Waals surface area (Å²) in [7, 11) is 0. The highest BCUT2D eigenvalue weighted by atomic mass is 35.5. The van der Waals surface area contributed by atoms with Crippen molar-refractivity contribution in [2.24, 2.45) is 0 Å². The minimum atomic E-state index is -0.844. The van der Waals surface area contributed by atoms with Crippen LogP contribution < -0.4 is 10.9 Å². The summed E-state index contributed by atoms with van der Waals surface area (Å²) in [6, 6.07) is 3.94. The average molecular weight is 423 g/mol. The number of amides is 1. The van der Waals surface area contributed by atoms with Gasteiger partial charge in [0.05, 0.1) is 16.1 Å². The Kier molecular flexibility index (Phi) is 4.92. The van der Waals surface area contributed by atoms with Gasteiger partial charge in [-0.1, -0.05) is 28.4 Å². The Morgan fingerprint density at radius 3 is 2.89 bits per heavy atom. The lowest BCUT2D eigenvalue weighted by molar-refractivity contribution is -0.119. The lowest BCUT2D eigenvalue weighted by atomic mass is 9.97. The molecule has 0 fully saturated rings. The lowest BCUT2D eigenvalue weighted by Crippen LogP contribution is -2.34.